The number of hydrogen-bond acceptors (Lipinski definition) is 2. The van der Waals surface area contributed by atoms with Crippen LogP contribution in [0.4, 0.5) is 0 Å². The molecule has 0 amide bonds. The molecule has 2 nitrogen and oxygen atoms in total. The van der Waals surface area contributed by atoms with Crippen LogP contribution in [0.3, 0.4) is 0 Å². The zero-order valence-electron chi connectivity index (χ0n) is 10.1. The molecule has 14 heavy (non-hydrogen) atoms. The predicted octanol–water partition coefficient (Wildman–Crippen LogP) is 2.11. The van der Waals surface area contributed by atoms with E-state index in [2.05, 4.69) is 24.2 Å². The number of unbranched alkanes of at least 4 members (excludes halogenated alkanes) is 2. The molecule has 1 atom stereocenters. The van der Waals surface area contributed by atoms with E-state index in [1.54, 1.807) is 0 Å². The van der Waals surface area contributed by atoms with Crippen molar-refractivity contribution in [1.29, 1.82) is 0 Å². The first-order chi connectivity index (χ1) is 6.75. The molecular formula is C12H26N2. The van der Waals surface area contributed by atoms with Crippen molar-refractivity contribution < 1.29 is 0 Å². The van der Waals surface area contributed by atoms with E-state index in [9.17, 15) is 0 Å². The van der Waals surface area contributed by atoms with E-state index in [0.717, 1.165) is 12.0 Å². The fourth-order valence-electron chi connectivity index (χ4n) is 1.98. The second-order valence-electron chi connectivity index (χ2n) is 4.72. The van der Waals surface area contributed by atoms with Crippen molar-refractivity contribution in [2.45, 2.75) is 45.1 Å². The van der Waals surface area contributed by atoms with Crippen molar-refractivity contribution in [3.8, 4) is 0 Å². The third kappa shape index (κ3) is 4.43. The van der Waals surface area contributed by atoms with Crippen LogP contribution in [0.1, 0.15) is 39.0 Å². The van der Waals surface area contributed by atoms with Gasteiger partial charge >= 0.3 is 0 Å². The second kappa shape index (κ2) is 6.41. The summed E-state index contributed by atoms with van der Waals surface area (Å²) in [4.78, 5) is 2.54. The van der Waals surface area contributed by atoms with E-state index >= 15 is 0 Å². The first kappa shape index (κ1) is 12.0. The molecule has 1 aliphatic rings. The van der Waals surface area contributed by atoms with Gasteiger partial charge < -0.3 is 10.2 Å². The van der Waals surface area contributed by atoms with Crippen molar-refractivity contribution in [2.75, 3.05) is 27.2 Å². The van der Waals surface area contributed by atoms with Gasteiger partial charge in [0, 0.05) is 6.04 Å². The SMILES string of the molecule is CNCCCCCN(C)C(C)C1CC1. The Kier molecular flexibility index (Phi) is 5.49. The predicted molar refractivity (Wildman–Crippen MR) is 62.6 cm³/mol. The standard InChI is InChI=1S/C12H26N2/c1-11(12-7-8-12)14(3)10-6-4-5-9-13-2/h11-13H,4-10H2,1-3H3. The Bertz CT molecular complexity index is 143. The largest absolute Gasteiger partial charge is 0.320 e. The lowest BCUT2D eigenvalue weighted by molar-refractivity contribution is 0.230. The molecule has 1 N–H and O–H groups in total. The van der Waals surface area contributed by atoms with Gasteiger partial charge in [0.15, 0.2) is 0 Å². The molecule has 1 rings (SSSR count). The molecule has 0 heterocycles. The molecule has 2 heteroatoms. The van der Waals surface area contributed by atoms with E-state index in [-0.39, 0.29) is 0 Å². The molecule has 1 fully saturated rings. The summed E-state index contributed by atoms with van der Waals surface area (Å²) in [6.07, 6.45) is 6.97. The maximum atomic E-state index is 3.19. The van der Waals surface area contributed by atoms with Gasteiger partial charge in [0.1, 0.15) is 0 Å². The lowest BCUT2D eigenvalue weighted by Gasteiger charge is -2.24. The Hall–Kier alpha value is -0.0800. The van der Waals surface area contributed by atoms with Gasteiger partial charge in [-0.05, 0) is 65.7 Å². The zero-order chi connectivity index (χ0) is 10.4. The summed E-state index contributed by atoms with van der Waals surface area (Å²) >= 11 is 0. The van der Waals surface area contributed by atoms with Gasteiger partial charge in [-0.2, -0.15) is 0 Å². The maximum absolute atomic E-state index is 3.19. The van der Waals surface area contributed by atoms with Crippen LogP contribution in [0.25, 0.3) is 0 Å². The van der Waals surface area contributed by atoms with Crippen molar-refractivity contribution in [3.05, 3.63) is 0 Å². The fraction of sp³-hybridized carbons (Fsp3) is 1.00. The molecule has 1 unspecified atom stereocenters. The highest BCUT2D eigenvalue weighted by atomic mass is 15.1. The zero-order valence-corrected chi connectivity index (χ0v) is 10.1. The Labute approximate surface area is 89.1 Å². The van der Waals surface area contributed by atoms with E-state index in [4.69, 9.17) is 0 Å². The van der Waals surface area contributed by atoms with Crippen molar-refractivity contribution in [2.24, 2.45) is 5.92 Å². The van der Waals surface area contributed by atoms with Crippen LogP contribution in [0.15, 0.2) is 0 Å². The minimum absolute atomic E-state index is 0.819. The topological polar surface area (TPSA) is 15.3 Å². The lowest BCUT2D eigenvalue weighted by Crippen LogP contribution is -2.31. The number of nitrogens with zero attached hydrogens (tertiary/aromatic N) is 1. The Morgan fingerprint density at radius 3 is 2.57 bits per heavy atom. The molecule has 0 aromatic heterocycles. The van der Waals surface area contributed by atoms with Crippen molar-refractivity contribution in [3.63, 3.8) is 0 Å². The first-order valence-electron chi connectivity index (χ1n) is 6.10. The Morgan fingerprint density at radius 1 is 1.29 bits per heavy atom. The van der Waals surface area contributed by atoms with E-state index in [1.165, 1.54) is 45.2 Å². The van der Waals surface area contributed by atoms with Gasteiger partial charge in [-0.15, -0.1) is 0 Å². The molecule has 0 saturated heterocycles. The summed E-state index contributed by atoms with van der Waals surface area (Å²) < 4.78 is 0. The molecule has 1 aliphatic carbocycles. The average Bonchev–Trinajstić information content (AvgIpc) is 2.99. The van der Waals surface area contributed by atoms with Crippen molar-refractivity contribution in [1.82, 2.24) is 10.2 Å². The normalized spacial score (nSPS) is 18.9. The summed E-state index contributed by atoms with van der Waals surface area (Å²) in [5, 5.41) is 3.19. The van der Waals surface area contributed by atoms with Gasteiger partial charge in [0.2, 0.25) is 0 Å². The van der Waals surface area contributed by atoms with Crippen LogP contribution in [-0.2, 0) is 0 Å². The minimum Gasteiger partial charge on any atom is -0.320 e. The van der Waals surface area contributed by atoms with Gasteiger partial charge in [0.05, 0.1) is 0 Å². The molecular weight excluding hydrogens is 172 g/mol. The molecule has 0 bridgehead atoms. The molecule has 0 radical (unpaired) electrons. The molecule has 0 aromatic rings. The molecule has 0 spiro atoms. The van der Waals surface area contributed by atoms with Gasteiger partial charge in [-0.1, -0.05) is 6.42 Å². The van der Waals surface area contributed by atoms with Crippen LogP contribution in [0.5, 0.6) is 0 Å². The number of rotatable bonds is 8. The van der Waals surface area contributed by atoms with Crippen LogP contribution >= 0.6 is 0 Å². The van der Waals surface area contributed by atoms with Gasteiger partial charge in [-0.3, -0.25) is 0 Å². The van der Waals surface area contributed by atoms with E-state index in [1.807, 2.05) is 7.05 Å². The van der Waals surface area contributed by atoms with E-state index in [0.29, 0.717) is 0 Å². The summed E-state index contributed by atoms with van der Waals surface area (Å²) in [7, 11) is 4.31. The molecule has 0 aromatic carbocycles. The lowest BCUT2D eigenvalue weighted by atomic mass is 10.1. The van der Waals surface area contributed by atoms with Gasteiger partial charge in [-0.25, -0.2) is 0 Å². The van der Waals surface area contributed by atoms with E-state index < -0.39 is 0 Å². The summed E-state index contributed by atoms with van der Waals surface area (Å²) in [5.74, 6) is 1.01. The Balaban J connectivity index is 1.94. The highest BCUT2D eigenvalue weighted by molar-refractivity contribution is 4.83. The minimum atomic E-state index is 0.819. The fourth-order valence-corrected chi connectivity index (χ4v) is 1.98. The first-order valence-corrected chi connectivity index (χ1v) is 6.10. The highest BCUT2D eigenvalue weighted by Gasteiger charge is 2.29. The highest BCUT2D eigenvalue weighted by Crippen LogP contribution is 2.34. The third-order valence-electron chi connectivity index (χ3n) is 3.44. The monoisotopic (exact) mass is 198 g/mol. The van der Waals surface area contributed by atoms with Crippen LogP contribution < -0.4 is 5.32 Å². The quantitative estimate of drug-likeness (QED) is 0.601. The second-order valence-corrected chi connectivity index (χ2v) is 4.72. The summed E-state index contributed by atoms with van der Waals surface area (Å²) in [6.45, 7) is 4.83. The van der Waals surface area contributed by atoms with Gasteiger partial charge in [0.25, 0.3) is 0 Å². The molecule has 1 saturated carbocycles. The number of hydrogen-bond donors (Lipinski definition) is 1. The summed E-state index contributed by atoms with van der Waals surface area (Å²) in [6, 6.07) is 0.819. The van der Waals surface area contributed by atoms with Crippen LogP contribution in [-0.4, -0.2) is 38.1 Å². The Morgan fingerprint density at radius 2 is 2.00 bits per heavy atom. The van der Waals surface area contributed by atoms with Crippen molar-refractivity contribution >= 4 is 0 Å². The van der Waals surface area contributed by atoms with Crippen LogP contribution in [0.2, 0.25) is 0 Å². The number of nitrogens with one attached hydrogen (secondary N) is 1. The smallest absolute Gasteiger partial charge is 0.00921 e. The van der Waals surface area contributed by atoms with Crippen LogP contribution in [0, 0.1) is 5.92 Å². The molecule has 84 valence electrons. The third-order valence-corrected chi connectivity index (χ3v) is 3.44. The average molecular weight is 198 g/mol. The summed E-state index contributed by atoms with van der Waals surface area (Å²) in [5.41, 5.74) is 0. The molecule has 0 aliphatic heterocycles. The maximum Gasteiger partial charge on any atom is 0.00921 e.